The van der Waals surface area contributed by atoms with Gasteiger partial charge in [-0.05, 0) is 51.6 Å². The average molecular weight is 656 g/mol. The van der Waals surface area contributed by atoms with Gasteiger partial charge in [0, 0.05) is 36.9 Å². The number of thiophene rings is 1. The van der Waals surface area contributed by atoms with E-state index in [1.807, 2.05) is 18.2 Å². The van der Waals surface area contributed by atoms with Crippen molar-refractivity contribution in [2.75, 3.05) is 0 Å². The number of aromatic nitrogens is 3. The van der Waals surface area contributed by atoms with Gasteiger partial charge in [0.05, 0.1) is 5.41 Å². The third-order valence-corrected chi connectivity index (χ3v) is 11.2. The van der Waals surface area contributed by atoms with E-state index in [2.05, 4.69) is 158 Å². The van der Waals surface area contributed by atoms with E-state index < -0.39 is 5.41 Å². The summed E-state index contributed by atoms with van der Waals surface area (Å²) >= 11 is 1.79. The Hall–Kier alpha value is -6.23. The highest BCUT2D eigenvalue weighted by atomic mass is 32.1. The van der Waals surface area contributed by atoms with Crippen LogP contribution >= 0.6 is 11.3 Å². The van der Waals surface area contributed by atoms with Crippen LogP contribution in [0.1, 0.15) is 22.3 Å². The van der Waals surface area contributed by atoms with E-state index in [4.69, 9.17) is 15.0 Å². The first-order chi connectivity index (χ1) is 24.8. The second kappa shape index (κ2) is 11.4. The monoisotopic (exact) mass is 655 g/mol. The first-order valence-corrected chi connectivity index (χ1v) is 17.7. The Morgan fingerprint density at radius 3 is 1.70 bits per heavy atom. The normalized spacial score (nSPS) is 13.0. The molecule has 0 saturated heterocycles. The SMILES string of the molecule is c1ccc(-c2nc(-c3ccc4c(c3)C(c3ccccc3)(c3ccccc3)c3ccccc3-4)nc(-c3cccc4c3sc3ccccc34)n2)cc1. The number of hydrogen-bond donors (Lipinski definition) is 0. The Labute approximate surface area is 294 Å². The fourth-order valence-electron chi connectivity index (χ4n) is 7.85. The second-order valence-corrected chi connectivity index (χ2v) is 13.8. The molecule has 9 aromatic rings. The molecule has 50 heavy (non-hydrogen) atoms. The molecule has 10 rings (SSSR count). The Bertz CT molecular complexity index is 2660. The van der Waals surface area contributed by atoms with Crippen LogP contribution in [0, 0.1) is 0 Å². The predicted molar refractivity (Wildman–Crippen MR) is 206 cm³/mol. The van der Waals surface area contributed by atoms with Gasteiger partial charge in [-0.3, -0.25) is 0 Å². The predicted octanol–water partition coefficient (Wildman–Crippen LogP) is 11.6. The lowest BCUT2D eigenvalue weighted by molar-refractivity contribution is 0.768. The van der Waals surface area contributed by atoms with Crippen molar-refractivity contribution < 1.29 is 0 Å². The van der Waals surface area contributed by atoms with E-state index in [0.29, 0.717) is 17.5 Å². The zero-order valence-electron chi connectivity index (χ0n) is 27.0. The molecular weight excluding hydrogens is 627 g/mol. The van der Waals surface area contributed by atoms with Crippen molar-refractivity contribution in [2.24, 2.45) is 0 Å². The Morgan fingerprint density at radius 1 is 0.380 bits per heavy atom. The molecule has 0 unspecified atom stereocenters. The zero-order valence-corrected chi connectivity index (χ0v) is 27.8. The third kappa shape index (κ3) is 4.32. The molecule has 4 heteroatoms. The van der Waals surface area contributed by atoms with Crippen LogP contribution in [0.15, 0.2) is 176 Å². The zero-order chi connectivity index (χ0) is 33.1. The topological polar surface area (TPSA) is 38.7 Å². The molecule has 1 aliphatic carbocycles. The molecule has 0 fully saturated rings. The van der Waals surface area contributed by atoms with Crippen molar-refractivity contribution in [3.63, 3.8) is 0 Å². The van der Waals surface area contributed by atoms with Crippen LogP contribution in [-0.2, 0) is 5.41 Å². The molecule has 0 N–H and O–H groups in total. The minimum Gasteiger partial charge on any atom is -0.208 e. The van der Waals surface area contributed by atoms with E-state index in [1.54, 1.807) is 11.3 Å². The number of nitrogens with zero attached hydrogens (tertiary/aromatic N) is 3. The van der Waals surface area contributed by atoms with Crippen molar-refractivity contribution in [2.45, 2.75) is 5.41 Å². The van der Waals surface area contributed by atoms with Crippen molar-refractivity contribution in [1.29, 1.82) is 0 Å². The second-order valence-electron chi connectivity index (χ2n) is 12.7. The van der Waals surface area contributed by atoms with E-state index in [9.17, 15) is 0 Å². The average Bonchev–Trinajstić information content (AvgIpc) is 3.72. The standard InChI is InChI=1S/C46H29N3S/c1-4-15-30(16-5-1)43-47-44(49-45(48-43)38-24-14-23-37-36-22-11-13-26-41(36)50-42(37)38)31-27-28-35-34-21-10-12-25-39(34)46(40(35)29-31,32-17-6-2-7-18-32)33-19-8-3-9-20-33/h1-29H. The summed E-state index contributed by atoms with van der Waals surface area (Å²) in [6.45, 7) is 0. The summed E-state index contributed by atoms with van der Waals surface area (Å²) in [5, 5.41) is 2.47. The number of rotatable bonds is 5. The highest BCUT2D eigenvalue weighted by Crippen LogP contribution is 2.56. The van der Waals surface area contributed by atoms with Crippen LogP contribution < -0.4 is 0 Å². The lowest BCUT2D eigenvalue weighted by Gasteiger charge is -2.34. The van der Waals surface area contributed by atoms with Crippen LogP contribution in [0.25, 0.3) is 65.5 Å². The summed E-state index contributed by atoms with van der Waals surface area (Å²) in [4.78, 5) is 15.6. The Balaban J connectivity index is 1.24. The van der Waals surface area contributed by atoms with Crippen LogP contribution in [0.4, 0.5) is 0 Å². The minimum atomic E-state index is -0.509. The fraction of sp³-hybridized carbons (Fsp3) is 0.0217. The van der Waals surface area contributed by atoms with Gasteiger partial charge in [-0.1, -0.05) is 158 Å². The van der Waals surface area contributed by atoms with Gasteiger partial charge in [0.15, 0.2) is 17.5 Å². The van der Waals surface area contributed by atoms with Crippen molar-refractivity contribution in [1.82, 2.24) is 15.0 Å². The van der Waals surface area contributed by atoms with Crippen molar-refractivity contribution in [3.05, 3.63) is 198 Å². The van der Waals surface area contributed by atoms with Gasteiger partial charge in [0.25, 0.3) is 0 Å². The molecule has 7 aromatic carbocycles. The molecule has 0 bridgehead atoms. The van der Waals surface area contributed by atoms with E-state index >= 15 is 0 Å². The summed E-state index contributed by atoms with van der Waals surface area (Å²) in [5.74, 6) is 1.98. The smallest absolute Gasteiger partial charge is 0.165 e. The van der Waals surface area contributed by atoms with Crippen molar-refractivity contribution in [3.8, 4) is 45.3 Å². The molecule has 0 atom stereocenters. The number of fused-ring (bicyclic) bond motifs is 6. The van der Waals surface area contributed by atoms with Crippen LogP contribution in [0.3, 0.4) is 0 Å². The molecule has 0 saturated carbocycles. The number of benzene rings is 7. The van der Waals surface area contributed by atoms with E-state index in [0.717, 1.165) is 16.7 Å². The van der Waals surface area contributed by atoms with Crippen LogP contribution in [0.2, 0.25) is 0 Å². The molecule has 0 amide bonds. The maximum Gasteiger partial charge on any atom is 0.165 e. The molecule has 1 aliphatic rings. The van der Waals surface area contributed by atoms with Crippen LogP contribution in [0.5, 0.6) is 0 Å². The molecular formula is C46H29N3S. The maximum absolute atomic E-state index is 5.27. The molecule has 2 aromatic heterocycles. The molecule has 0 radical (unpaired) electrons. The first-order valence-electron chi connectivity index (χ1n) is 16.9. The summed E-state index contributed by atoms with van der Waals surface area (Å²) in [6.07, 6.45) is 0. The first kappa shape index (κ1) is 28.8. The maximum atomic E-state index is 5.27. The summed E-state index contributed by atoms with van der Waals surface area (Å²) in [5.41, 5.74) is 9.86. The van der Waals surface area contributed by atoms with Gasteiger partial charge >= 0.3 is 0 Å². The third-order valence-electron chi connectivity index (χ3n) is 10.0. The summed E-state index contributed by atoms with van der Waals surface area (Å²) < 4.78 is 2.44. The molecule has 3 nitrogen and oxygen atoms in total. The molecule has 234 valence electrons. The number of hydrogen-bond acceptors (Lipinski definition) is 4. The molecule has 2 heterocycles. The van der Waals surface area contributed by atoms with Gasteiger partial charge in [-0.25, -0.2) is 15.0 Å². The largest absolute Gasteiger partial charge is 0.208 e. The highest BCUT2D eigenvalue weighted by molar-refractivity contribution is 7.26. The Morgan fingerprint density at radius 2 is 0.940 bits per heavy atom. The summed E-state index contributed by atoms with van der Waals surface area (Å²) in [6, 6.07) is 62.6. The molecule has 0 aliphatic heterocycles. The van der Waals surface area contributed by atoms with E-state index in [1.165, 1.54) is 53.6 Å². The van der Waals surface area contributed by atoms with Crippen LogP contribution in [-0.4, -0.2) is 15.0 Å². The van der Waals surface area contributed by atoms with Gasteiger partial charge in [0.2, 0.25) is 0 Å². The highest BCUT2D eigenvalue weighted by Gasteiger charge is 2.46. The molecule has 0 spiro atoms. The lowest BCUT2D eigenvalue weighted by Crippen LogP contribution is -2.28. The van der Waals surface area contributed by atoms with Crippen molar-refractivity contribution >= 4 is 31.5 Å². The van der Waals surface area contributed by atoms with Gasteiger partial charge < -0.3 is 0 Å². The summed E-state index contributed by atoms with van der Waals surface area (Å²) in [7, 11) is 0. The van der Waals surface area contributed by atoms with E-state index in [-0.39, 0.29) is 0 Å². The minimum absolute atomic E-state index is 0.509. The van der Waals surface area contributed by atoms with Gasteiger partial charge in [-0.15, -0.1) is 11.3 Å². The lowest BCUT2D eigenvalue weighted by atomic mass is 9.67. The quantitative estimate of drug-likeness (QED) is 0.185. The Kier molecular flexibility index (Phi) is 6.58. The van der Waals surface area contributed by atoms with Gasteiger partial charge in [-0.2, -0.15) is 0 Å². The van der Waals surface area contributed by atoms with Gasteiger partial charge in [0.1, 0.15) is 0 Å². The fourth-order valence-corrected chi connectivity index (χ4v) is 9.06.